The standard InChI is InChI=1S/C14H22N2O4S/c1-3-16(4-2)10-6-9-15-21(19,20)13-8-5-7-12(11-13)14(17)18/h5,7-8,11,15H,3-4,6,9-10H2,1-2H3,(H,17,18). The van der Waals surface area contributed by atoms with E-state index in [1.807, 2.05) is 0 Å². The zero-order valence-corrected chi connectivity index (χ0v) is 13.2. The molecule has 0 heterocycles. The van der Waals surface area contributed by atoms with Crippen LogP contribution in [-0.4, -0.2) is 40.6 Å². The molecule has 0 aliphatic carbocycles. The molecule has 0 amide bonds. The fourth-order valence-electron chi connectivity index (χ4n) is 2.02. The normalized spacial score (nSPS) is 11.8. The minimum Gasteiger partial charge on any atom is -0.545 e. The van der Waals surface area contributed by atoms with Crippen LogP contribution in [0.3, 0.4) is 0 Å². The quantitative estimate of drug-likeness (QED) is 0.551. The average Bonchev–Trinajstić information content (AvgIpc) is 2.47. The molecule has 118 valence electrons. The van der Waals surface area contributed by atoms with Gasteiger partial charge in [0, 0.05) is 13.0 Å². The Morgan fingerprint density at radius 3 is 2.52 bits per heavy atom. The van der Waals surface area contributed by atoms with Crippen molar-refractivity contribution < 1.29 is 23.2 Å². The van der Waals surface area contributed by atoms with Crippen molar-refractivity contribution in [3.05, 3.63) is 29.8 Å². The Kier molecular flexibility index (Phi) is 6.80. The molecule has 0 aliphatic heterocycles. The molecule has 0 unspecified atom stereocenters. The lowest BCUT2D eigenvalue weighted by Crippen LogP contribution is -3.11. The zero-order valence-electron chi connectivity index (χ0n) is 12.4. The third-order valence-corrected chi connectivity index (χ3v) is 4.84. The number of aromatic carboxylic acids is 1. The number of hydrogen-bond donors (Lipinski definition) is 2. The molecule has 0 spiro atoms. The van der Waals surface area contributed by atoms with Gasteiger partial charge >= 0.3 is 0 Å². The van der Waals surface area contributed by atoms with E-state index in [9.17, 15) is 18.3 Å². The summed E-state index contributed by atoms with van der Waals surface area (Å²) in [5.41, 5.74) is -0.148. The van der Waals surface area contributed by atoms with Gasteiger partial charge in [-0.15, -0.1) is 0 Å². The summed E-state index contributed by atoms with van der Waals surface area (Å²) in [6.45, 7) is 7.44. The third-order valence-electron chi connectivity index (χ3n) is 3.38. The lowest BCUT2D eigenvalue weighted by atomic mass is 10.2. The highest BCUT2D eigenvalue weighted by Gasteiger charge is 2.14. The first kappa shape index (κ1) is 17.6. The first-order valence-electron chi connectivity index (χ1n) is 7.05. The van der Waals surface area contributed by atoms with Gasteiger partial charge < -0.3 is 14.8 Å². The van der Waals surface area contributed by atoms with Crippen molar-refractivity contribution in [2.45, 2.75) is 25.2 Å². The second-order valence-electron chi connectivity index (χ2n) is 4.77. The number of rotatable bonds is 9. The topological polar surface area (TPSA) is 90.7 Å². The van der Waals surface area contributed by atoms with Gasteiger partial charge in [-0.3, -0.25) is 0 Å². The monoisotopic (exact) mass is 314 g/mol. The minimum atomic E-state index is -3.68. The molecular formula is C14H22N2O4S. The van der Waals surface area contributed by atoms with Crippen LogP contribution in [0.5, 0.6) is 0 Å². The van der Waals surface area contributed by atoms with Gasteiger partial charge in [0.1, 0.15) is 0 Å². The van der Waals surface area contributed by atoms with Gasteiger partial charge in [-0.1, -0.05) is 12.1 Å². The summed E-state index contributed by atoms with van der Waals surface area (Å²) in [5.74, 6) is -1.39. The van der Waals surface area contributed by atoms with Crippen molar-refractivity contribution in [3.8, 4) is 0 Å². The number of carboxylic acid groups (broad SMARTS) is 1. The molecule has 0 aliphatic rings. The van der Waals surface area contributed by atoms with E-state index in [0.717, 1.165) is 32.1 Å². The van der Waals surface area contributed by atoms with Gasteiger partial charge in [0.05, 0.1) is 30.5 Å². The van der Waals surface area contributed by atoms with E-state index >= 15 is 0 Å². The van der Waals surface area contributed by atoms with Crippen LogP contribution in [-0.2, 0) is 10.0 Å². The summed E-state index contributed by atoms with van der Waals surface area (Å²) in [5, 5.41) is 10.8. The van der Waals surface area contributed by atoms with Crippen LogP contribution in [0.4, 0.5) is 0 Å². The highest BCUT2D eigenvalue weighted by atomic mass is 32.2. The van der Waals surface area contributed by atoms with Crippen molar-refractivity contribution in [2.75, 3.05) is 26.2 Å². The van der Waals surface area contributed by atoms with Crippen molar-refractivity contribution in [1.29, 1.82) is 0 Å². The number of quaternary nitrogens is 1. The van der Waals surface area contributed by atoms with E-state index in [-0.39, 0.29) is 10.5 Å². The Balaban J connectivity index is 2.61. The second-order valence-corrected chi connectivity index (χ2v) is 6.54. The summed E-state index contributed by atoms with van der Waals surface area (Å²) in [6, 6.07) is 5.16. The average molecular weight is 314 g/mol. The Morgan fingerprint density at radius 2 is 1.95 bits per heavy atom. The summed E-state index contributed by atoms with van der Waals surface area (Å²) >= 11 is 0. The summed E-state index contributed by atoms with van der Waals surface area (Å²) in [7, 11) is -3.68. The van der Waals surface area contributed by atoms with Crippen LogP contribution in [0, 0.1) is 0 Å². The molecule has 1 rings (SSSR count). The van der Waals surface area contributed by atoms with E-state index in [1.165, 1.54) is 23.1 Å². The van der Waals surface area contributed by atoms with Gasteiger partial charge in [0.25, 0.3) is 0 Å². The number of benzene rings is 1. The first-order valence-corrected chi connectivity index (χ1v) is 8.53. The van der Waals surface area contributed by atoms with Gasteiger partial charge in [-0.05, 0) is 31.5 Å². The fourth-order valence-corrected chi connectivity index (χ4v) is 3.14. The zero-order chi connectivity index (χ0) is 15.9. The van der Waals surface area contributed by atoms with Crippen molar-refractivity contribution in [3.63, 3.8) is 0 Å². The number of carboxylic acids is 1. The van der Waals surface area contributed by atoms with Crippen molar-refractivity contribution >= 4 is 16.0 Å². The SMILES string of the molecule is CC[NH+](CC)CCCNS(=O)(=O)c1cccc(C(=O)[O-])c1. The van der Waals surface area contributed by atoms with E-state index in [0.29, 0.717) is 6.54 Å². The van der Waals surface area contributed by atoms with Gasteiger partial charge in [-0.25, -0.2) is 13.1 Å². The van der Waals surface area contributed by atoms with Crippen LogP contribution in [0.1, 0.15) is 30.6 Å². The maximum Gasteiger partial charge on any atom is 0.240 e. The Bertz CT molecular complexity index is 568. The minimum absolute atomic E-state index is 0.0561. The smallest absolute Gasteiger partial charge is 0.240 e. The predicted molar refractivity (Wildman–Crippen MR) is 77.5 cm³/mol. The van der Waals surface area contributed by atoms with Crippen LogP contribution >= 0.6 is 0 Å². The molecule has 21 heavy (non-hydrogen) atoms. The van der Waals surface area contributed by atoms with E-state index in [2.05, 4.69) is 18.6 Å². The predicted octanol–water partition coefficient (Wildman–Crippen LogP) is -1.36. The molecule has 0 saturated heterocycles. The summed E-state index contributed by atoms with van der Waals surface area (Å²) < 4.78 is 26.6. The summed E-state index contributed by atoms with van der Waals surface area (Å²) in [4.78, 5) is 12.1. The van der Waals surface area contributed by atoms with Gasteiger partial charge in [0.2, 0.25) is 10.0 Å². The maximum atomic E-state index is 12.1. The molecule has 0 saturated carbocycles. The maximum absolute atomic E-state index is 12.1. The molecule has 6 nitrogen and oxygen atoms in total. The molecule has 1 aromatic carbocycles. The van der Waals surface area contributed by atoms with Crippen LogP contribution < -0.4 is 14.7 Å². The largest absolute Gasteiger partial charge is 0.545 e. The van der Waals surface area contributed by atoms with Gasteiger partial charge in [0.15, 0.2) is 0 Å². The Hall–Kier alpha value is -1.44. The second kappa shape index (κ2) is 8.11. The molecule has 2 N–H and O–H groups in total. The summed E-state index contributed by atoms with van der Waals surface area (Å²) in [6.07, 6.45) is 0.733. The molecule has 0 atom stereocenters. The van der Waals surface area contributed by atoms with Crippen LogP contribution in [0.25, 0.3) is 0 Å². The van der Waals surface area contributed by atoms with E-state index in [4.69, 9.17) is 0 Å². The number of carbonyl (C=O) groups excluding carboxylic acids is 1. The van der Waals surface area contributed by atoms with Crippen LogP contribution in [0.2, 0.25) is 0 Å². The molecule has 0 fully saturated rings. The van der Waals surface area contributed by atoms with Crippen molar-refractivity contribution in [2.24, 2.45) is 0 Å². The molecule has 7 heteroatoms. The number of sulfonamides is 1. The highest BCUT2D eigenvalue weighted by molar-refractivity contribution is 7.89. The molecule has 1 aromatic rings. The van der Waals surface area contributed by atoms with Crippen molar-refractivity contribution in [1.82, 2.24) is 4.72 Å². The Morgan fingerprint density at radius 1 is 1.29 bits per heavy atom. The molecule has 0 radical (unpaired) electrons. The molecule has 0 aromatic heterocycles. The van der Waals surface area contributed by atoms with Crippen LogP contribution in [0.15, 0.2) is 29.2 Å². The molecule has 0 bridgehead atoms. The molecular weight excluding hydrogens is 292 g/mol. The lowest BCUT2D eigenvalue weighted by Gasteiger charge is -2.15. The third kappa shape index (κ3) is 5.45. The Labute approximate surface area is 125 Å². The first-order chi connectivity index (χ1) is 9.90. The van der Waals surface area contributed by atoms with E-state index < -0.39 is 16.0 Å². The number of nitrogens with one attached hydrogen (secondary N) is 2. The fraction of sp³-hybridized carbons (Fsp3) is 0.500. The highest BCUT2D eigenvalue weighted by Crippen LogP contribution is 2.10. The lowest BCUT2D eigenvalue weighted by molar-refractivity contribution is -0.896. The number of carbonyl (C=O) groups is 1. The van der Waals surface area contributed by atoms with E-state index in [1.54, 1.807) is 0 Å². The number of hydrogen-bond acceptors (Lipinski definition) is 4. The van der Waals surface area contributed by atoms with Gasteiger partial charge in [-0.2, -0.15) is 0 Å².